The monoisotopic (exact) mass is 174 g/mol. The Morgan fingerprint density at radius 3 is 2.55 bits per heavy atom. The number of nitrogens with one attached hydrogen (secondary N) is 1. The van der Waals surface area contributed by atoms with Gasteiger partial charge in [-0.05, 0) is 6.92 Å². The van der Waals surface area contributed by atoms with Gasteiger partial charge in [0.05, 0.1) is 5.69 Å². The third-order valence-electron chi connectivity index (χ3n) is 1.30. The molecule has 0 amide bonds. The Morgan fingerprint density at radius 2 is 2.36 bits per heavy atom. The molecule has 3 N–H and O–H groups in total. The predicted molar refractivity (Wildman–Crippen MR) is 41.3 cm³/mol. The molecular formula is C5H10N4OS. The molecule has 0 saturated heterocycles. The van der Waals surface area contributed by atoms with E-state index in [1.54, 1.807) is 14.0 Å². The molecular weight excluding hydrogens is 164 g/mol. The van der Waals surface area contributed by atoms with E-state index in [0.29, 0.717) is 10.6 Å². The molecule has 0 spiro atoms. The smallest absolute Gasteiger partial charge is 0.135 e. The average Bonchev–Trinajstić information content (AvgIpc) is 2.08. The third-order valence-corrected chi connectivity index (χ3v) is 2.35. The Kier molecular flexibility index (Phi) is 1.73. The van der Waals surface area contributed by atoms with E-state index in [4.69, 9.17) is 9.92 Å². The number of hydrogen-bond acceptors (Lipinski definition) is 3. The van der Waals surface area contributed by atoms with Gasteiger partial charge in [-0.1, -0.05) is 0 Å². The van der Waals surface area contributed by atoms with Gasteiger partial charge in [0, 0.05) is 13.2 Å². The second kappa shape index (κ2) is 2.31. The molecule has 62 valence electrons. The lowest BCUT2D eigenvalue weighted by Gasteiger charge is -1.94. The lowest BCUT2D eigenvalue weighted by atomic mass is 10.5. The standard InChI is InChI=1S/C5H10N4OS/c1-4-5(11(6,7)10)3-9(2)8-4/h3H,1-2H3,(H3,6,7,10). The fraction of sp³-hybridized carbons (Fsp3) is 0.400. The van der Waals surface area contributed by atoms with E-state index in [-0.39, 0.29) is 0 Å². The fourth-order valence-corrected chi connectivity index (χ4v) is 1.66. The molecule has 0 aliphatic rings. The van der Waals surface area contributed by atoms with E-state index in [0.717, 1.165) is 0 Å². The van der Waals surface area contributed by atoms with Crippen LogP contribution in [0.4, 0.5) is 0 Å². The summed E-state index contributed by atoms with van der Waals surface area (Å²) in [6.07, 6.45) is 1.50. The van der Waals surface area contributed by atoms with Crippen molar-refractivity contribution in [1.82, 2.24) is 9.78 Å². The number of hydrogen-bond donors (Lipinski definition) is 2. The van der Waals surface area contributed by atoms with E-state index in [9.17, 15) is 4.21 Å². The molecule has 1 heterocycles. The first-order valence-corrected chi connectivity index (χ1v) is 4.60. The number of aromatic nitrogens is 2. The number of nitrogens with zero attached hydrogens (tertiary/aromatic N) is 2. The zero-order valence-electron chi connectivity index (χ0n) is 6.37. The van der Waals surface area contributed by atoms with Crippen molar-refractivity contribution in [3.05, 3.63) is 11.9 Å². The van der Waals surface area contributed by atoms with Crippen molar-refractivity contribution < 1.29 is 4.21 Å². The summed E-state index contributed by atoms with van der Waals surface area (Å²) in [5.74, 6) is 0. The van der Waals surface area contributed by atoms with Crippen LogP contribution in [-0.4, -0.2) is 14.0 Å². The van der Waals surface area contributed by atoms with Gasteiger partial charge in [0.25, 0.3) is 0 Å². The lowest BCUT2D eigenvalue weighted by Crippen LogP contribution is -2.10. The fourth-order valence-electron chi connectivity index (χ4n) is 0.876. The van der Waals surface area contributed by atoms with Gasteiger partial charge < -0.3 is 0 Å². The second-order valence-electron chi connectivity index (χ2n) is 2.35. The minimum absolute atomic E-state index is 0.306. The third kappa shape index (κ3) is 1.58. The summed E-state index contributed by atoms with van der Waals surface area (Å²) in [5, 5.41) is 9.03. The zero-order chi connectivity index (χ0) is 8.65. The van der Waals surface area contributed by atoms with Gasteiger partial charge in [-0.3, -0.25) is 4.68 Å². The number of nitrogens with two attached hydrogens (primary N) is 1. The van der Waals surface area contributed by atoms with Crippen LogP contribution in [0.5, 0.6) is 0 Å². The normalized spacial score (nSPS) is 16.3. The molecule has 1 aromatic heterocycles. The van der Waals surface area contributed by atoms with Gasteiger partial charge in [-0.2, -0.15) is 5.10 Å². The van der Waals surface area contributed by atoms with Gasteiger partial charge in [0.15, 0.2) is 0 Å². The molecule has 1 unspecified atom stereocenters. The molecule has 5 nitrogen and oxygen atoms in total. The minimum atomic E-state index is -3.10. The summed E-state index contributed by atoms with van der Waals surface area (Å²) in [6.45, 7) is 1.68. The first-order chi connectivity index (χ1) is 4.91. The molecule has 6 heteroatoms. The Labute approximate surface area is 65.3 Å². The Balaban J connectivity index is 3.36. The molecule has 0 aliphatic heterocycles. The second-order valence-corrected chi connectivity index (χ2v) is 3.99. The summed E-state index contributed by atoms with van der Waals surface area (Å²) in [6, 6.07) is 0. The van der Waals surface area contributed by atoms with E-state index in [2.05, 4.69) is 5.10 Å². The van der Waals surface area contributed by atoms with Crippen molar-refractivity contribution in [3.63, 3.8) is 0 Å². The molecule has 0 bridgehead atoms. The summed E-state index contributed by atoms with van der Waals surface area (Å²) in [4.78, 5) is 0.306. The maximum Gasteiger partial charge on any atom is 0.135 e. The first-order valence-electron chi connectivity index (χ1n) is 2.98. The molecule has 1 rings (SSSR count). The highest BCUT2D eigenvalue weighted by Crippen LogP contribution is 2.09. The number of rotatable bonds is 1. The van der Waals surface area contributed by atoms with Crippen molar-refractivity contribution >= 4 is 9.92 Å². The average molecular weight is 174 g/mol. The summed E-state index contributed by atoms with van der Waals surface area (Å²) >= 11 is 0. The van der Waals surface area contributed by atoms with Crippen molar-refractivity contribution in [3.8, 4) is 0 Å². The lowest BCUT2D eigenvalue weighted by molar-refractivity contribution is 0.675. The van der Waals surface area contributed by atoms with Crippen molar-refractivity contribution in [2.45, 2.75) is 11.8 Å². The van der Waals surface area contributed by atoms with Gasteiger partial charge in [0.1, 0.15) is 14.8 Å². The SMILES string of the molecule is Cc1nn(C)cc1S(=N)(N)=O. The van der Waals surface area contributed by atoms with Crippen molar-refractivity contribution in [1.29, 1.82) is 4.78 Å². The van der Waals surface area contributed by atoms with Crippen LogP contribution in [0.3, 0.4) is 0 Å². The largest absolute Gasteiger partial charge is 0.274 e. The van der Waals surface area contributed by atoms with Crippen molar-refractivity contribution in [2.24, 2.45) is 12.2 Å². The van der Waals surface area contributed by atoms with Gasteiger partial charge >= 0.3 is 0 Å². The van der Waals surface area contributed by atoms with Crippen LogP contribution < -0.4 is 5.14 Å². The number of aryl methyl sites for hydroxylation is 2. The topological polar surface area (TPSA) is 84.8 Å². The van der Waals surface area contributed by atoms with Crippen LogP contribution in [0.25, 0.3) is 0 Å². The van der Waals surface area contributed by atoms with E-state index < -0.39 is 9.92 Å². The Bertz CT molecular complexity index is 364. The Hall–Kier alpha value is -0.880. The molecule has 1 atom stereocenters. The molecule has 0 fully saturated rings. The van der Waals surface area contributed by atoms with Gasteiger partial charge in [-0.15, -0.1) is 0 Å². The highest BCUT2D eigenvalue weighted by molar-refractivity contribution is 7.90. The van der Waals surface area contributed by atoms with Crippen LogP contribution in [0.2, 0.25) is 0 Å². The van der Waals surface area contributed by atoms with Crippen LogP contribution in [0, 0.1) is 11.7 Å². The van der Waals surface area contributed by atoms with Gasteiger partial charge in [0.2, 0.25) is 0 Å². The summed E-state index contributed by atoms with van der Waals surface area (Å²) < 4.78 is 19.6. The van der Waals surface area contributed by atoms with Crippen LogP contribution in [0.15, 0.2) is 11.1 Å². The molecule has 0 saturated carbocycles. The highest BCUT2D eigenvalue weighted by atomic mass is 32.2. The van der Waals surface area contributed by atoms with Crippen LogP contribution in [0.1, 0.15) is 5.69 Å². The predicted octanol–water partition coefficient (Wildman–Crippen LogP) is 0.00789. The molecule has 0 radical (unpaired) electrons. The first kappa shape index (κ1) is 8.22. The summed E-state index contributed by atoms with van der Waals surface area (Å²) in [7, 11) is -1.40. The minimum Gasteiger partial charge on any atom is -0.274 e. The highest BCUT2D eigenvalue weighted by Gasteiger charge is 2.10. The maximum atomic E-state index is 11.0. The van der Waals surface area contributed by atoms with Crippen LogP contribution >= 0.6 is 0 Å². The maximum absolute atomic E-state index is 11.0. The van der Waals surface area contributed by atoms with Crippen molar-refractivity contribution in [2.75, 3.05) is 0 Å². The Morgan fingerprint density at radius 1 is 1.82 bits per heavy atom. The molecule has 0 aromatic carbocycles. The molecule has 11 heavy (non-hydrogen) atoms. The van der Waals surface area contributed by atoms with Gasteiger partial charge in [-0.25, -0.2) is 14.1 Å². The zero-order valence-corrected chi connectivity index (χ0v) is 7.18. The van der Waals surface area contributed by atoms with E-state index >= 15 is 0 Å². The van der Waals surface area contributed by atoms with E-state index in [1.165, 1.54) is 10.9 Å². The van der Waals surface area contributed by atoms with Crippen LogP contribution in [-0.2, 0) is 17.0 Å². The quantitative estimate of drug-likeness (QED) is 0.628. The molecule has 0 aliphatic carbocycles. The molecule has 1 aromatic rings. The summed E-state index contributed by atoms with van der Waals surface area (Å²) in [5.41, 5.74) is 0.551. The van der Waals surface area contributed by atoms with E-state index in [1.807, 2.05) is 0 Å².